The normalized spacial score (nSPS) is 11.7. The van der Waals surface area contributed by atoms with Crippen LogP contribution >= 0.6 is 22.6 Å². The van der Waals surface area contributed by atoms with Gasteiger partial charge in [-0.1, -0.05) is 36.4 Å². The molecule has 0 bridgehead atoms. The molecule has 0 aliphatic carbocycles. The lowest BCUT2D eigenvalue weighted by Gasteiger charge is -2.09. The van der Waals surface area contributed by atoms with Crippen LogP contribution in [0.3, 0.4) is 0 Å². The predicted molar refractivity (Wildman–Crippen MR) is 93.4 cm³/mol. The molecule has 3 rings (SSSR count). The fourth-order valence-electron chi connectivity index (χ4n) is 2.46. The SMILES string of the molecule is O=CCc1c(I)n(S(=O)(=O)c2ccccc2)c2ccccc12. The number of nitrogens with zero attached hydrogens (tertiary/aromatic N) is 1. The number of fused-ring (bicyclic) bond motifs is 1. The van der Waals surface area contributed by atoms with Gasteiger partial charge in [0.05, 0.1) is 14.1 Å². The van der Waals surface area contributed by atoms with Gasteiger partial charge in [-0.3, -0.25) is 0 Å². The molecule has 0 spiro atoms. The number of halogens is 1. The molecule has 0 amide bonds. The van der Waals surface area contributed by atoms with E-state index in [-0.39, 0.29) is 11.3 Å². The van der Waals surface area contributed by atoms with Gasteiger partial charge in [0.15, 0.2) is 0 Å². The van der Waals surface area contributed by atoms with E-state index in [1.807, 2.05) is 34.7 Å². The molecule has 0 atom stereocenters. The molecule has 0 radical (unpaired) electrons. The standard InChI is InChI=1S/C16H12INO3S/c17-16-14(10-11-19)13-8-4-5-9-15(13)18(16)22(20,21)12-6-2-1-3-7-12/h1-9,11H,10H2. The van der Waals surface area contributed by atoms with Crippen LogP contribution < -0.4 is 0 Å². The van der Waals surface area contributed by atoms with Crippen LogP contribution in [-0.2, 0) is 21.2 Å². The van der Waals surface area contributed by atoms with Crippen molar-refractivity contribution in [2.24, 2.45) is 0 Å². The Kier molecular flexibility index (Phi) is 4.05. The highest BCUT2D eigenvalue weighted by molar-refractivity contribution is 14.1. The van der Waals surface area contributed by atoms with E-state index in [0.717, 1.165) is 17.2 Å². The summed E-state index contributed by atoms with van der Waals surface area (Å²) in [6.45, 7) is 0. The summed E-state index contributed by atoms with van der Waals surface area (Å²) in [5.41, 5.74) is 1.33. The summed E-state index contributed by atoms with van der Waals surface area (Å²) < 4.78 is 27.8. The lowest BCUT2D eigenvalue weighted by atomic mass is 10.1. The molecule has 4 nitrogen and oxygen atoms in total. The number of para-hydroxylation sites is 1. The molecular formula is C16H12INO3S. The Balaban J connectivity index is 2.37. The lowest BCUT2D eigenvalue weighted by Crippen LogP contribution is -2.14. The summed E-state index contributed by atoms with van der Waals surface area (Å²) in [5.74, 6) is 0. The zero-order chi connectivity index (χ0) is 15.7. The Labute approximate surface area is 142 Å². The van der Waals surface area contributed by atoms with E-state index in [9.17, 15) is 13.2 Å². The first-order valence-corrected chi connectivity index (χ1v) is 9.11. The van der Waals surface area contributed by atoms with Gasteiger partial charge in [0, 0.05) is 11.8 Å². The Morgan fingerprint density at radius 1 is 1.00 bits per heavy atom. The lowest BCUT2D eigenvalue weighted by molar-refractivity contribution is -0.107. The van der Waals surface area contributed by atoms with Gasteiger partial charge in [-0.25, -0.2) is 12.4 Å². The molecule has 22 heavy (non-hydrogen) atoms. The molecule has 0 N–H and O–H groups in total. The highest BCUT2D eigenvalue weighted by Crippen LogP contribution is 2.31. The first kappa shape index (κ1) is 15.2. The van der Waals surface area contributed by atoms with Gasteiger partial charge in [-0.15, -0.1) is 0 Å². The van der Waals surface area contributed by atoms with Crippen molar-refractivity contribution in [2.45, 2.75) is 11.3 Å². The second-order valence-electron chi connectivity index (χ2n) is 4.74. The molecule has 1 aromatic heterocycles. The van der Waals surface area contributed by atoms with Gasteiger partial charge in [0.25, 0.3) is 10.0 Å². The van der Waals surface area contributed by atoms with Gasteiger partial charge in [-0.2, -0.15) is 0 Å². The average molecular weight is 425 g/mol. The summed E-state index contributed by atoms with van der Waals surface area (Å²) in [5, 5.41) is 0.790. The average Bonchev–Trinajstić information content (AvgIpc) is 2.82. The number of aldehydes is 1. The summed E-state index contributed by atoms with van der Waals surface area (Å²) in [6.07, 6.45) is 0.986. The largest absolute Gasteiger partial charge is 0.303 e. The smallest absolute Gasteiger partial charge is 0.269 e. The second kappa shape index (κ2) is 5.85. The fourth-order valence-corrected chi connectivity index (χ4v) is 5.46. The van der Waals surface area contributed by atoms with E-state index in [1.54, 1.807) is 42.5 Å². The molecular weight excluding hydrogens is 413 g/mol. The zero-order valence-electron chi connectivity index (χ0n) is 11.4. The number of carbonyl (C=O) groups excluding carboxylic acids is 1. The third kappa shape index (κ3) is 2.36. The third-order valence-electron chi connectivity index (χ3n) is 3.44. The fraction of sp³-hybridized carbons (Fsp3) is 0.0625. The van der Waals surface area contributed by atoms with Gasteiger partial charge in [0.2, 0.25) is 0 Å². The molecule has 0 aliphatic rings. The van der Waals surface area contributed by atoms with Gasteiger partial charge in [-0.05, 0) is 46.4 Å². The summed E-state index contributed by atoms with van der Waals surface area (Å²) in [6, 6.07) is 15.5. The van der Waals surface area contributed by atoms with Gasteiger partial charge < -0.3 is 4.79 Å². The Morgan fingerprint density at radius 3 is 2.32 bits per heavy atom. The van der Waals surface area contributed by atoms with Crippen LogP contribution in [0.5, 0.6) is 0 Å². The maximum absolute atomic E-state index is 13.0. The minimum absolute atomic E-state index is 0.191. The van der Waals surface area contributed by atoms with E-state index < -0.39 is 10.0 Å². The minimum Gasteiger partial charge on any atom is -0.303 e. The van der Waals surface area contributed by atoms with Crippen LogP contribution in [0.2, 0.25) is 0 Å². The molecule has 0 aliphatic heterocycles. The Hall–Kier alpha value is -1.67. The Bertz CT molecular complexity index is 946. The van der Waals surface area contributed by atoms with Gasteiger partial charge >= 0.3 is 0 Å². The van der Waals surface area contributed by atoms with E-state index in [4.69, 9.17) is 0 Å². The van der Waals surface area contributed by atoms with Crippen molar-refractivity contribution in [1.29, 1.82) is 0 Å². The molecule has 0 unspecified atom stereocenters. The number of rotatable bonds is 4. The third-order valence-corrected chi connectivity index (χ3v) is 6.63. The van der Waals surface area contributed by atoms with Crippen LogP contribution in [0.4, 0.5) is 0 Å². The molecule has 112 valence electrons. The zero-order valence-corrected chi connectivity index (χ0v) is 14.4. The number of carbonyl (C=O) groups is 1. The van der Waals surface area contributed by atoms with Crippen LogP contribution in [0, 0.1) is 3.70 Å². The number of hydrogen-bond donors (Lipinski definition) is 0. The van der Waals surface area contributed by atoms with Crippen molar-refractivity contribution in [3.05, 3.63) is 63.9 Å². The van der Waals surface area contributed by atoms with Crippen LogP contribution in [0.15, 0.2) is 59.5 Å². The van der Waals surface area contributed by atoms with Crippen molar-refractivity contribution in [2.75, 3.05) is 0 Å². The molecule has 0 saturated heterocycles. The quantitative estimate of drug-likeness (QED) is 0.477. The van der Waals surface area contributed by atoms with Crippen molar-refractivity contribution >= 4 is 49.8 Å². The van der Waals surface area contributed by atoms with E-state index in [0.29, 0.717) is 9.22 Å². The van der Waals surface area contributed by atoms with Crippen LogP contribution in [0.1, 0.15) is 5.56 Å². The van der Waals surface area contributed by atoms with Crippen LogP contribution in [-0.4, -0.2) is 18.7 Å². The second-order valence-corrected chi connectivity index (χ2v) is 7.55. The predicted octanol–water partition coefficient (Wildman–Crippen LogP) is 3.22. The van der Waals surface area contributed by atoms with E-state index >= 15 is 0 Å². The summed E-state index contributed by atoms with van der Waals surface area (Å²) in [4.78, 5) is 11.2. The van der Waals surface area contributed by atoms with Crippen LogP contribution in [0.25, 0.3) is 10.9 Å². The van der Waals surface area contributed by atoms with Crippen molar-refractivity contribution in [1.82, 2.24) is 3.97 Å². The maximum atomic E-state index is 13.0. The molecule has 0 saturated carbocycles. The molecule has 6 heteroatoms. The molecule has 0 fully saturated rings. The van der Waals surface area contributed by atoms with Crippen molar-refractivity contribution < 1.29 is 13.2 Å². The number of hydrogen-bond acceptors (Lipinski definition) is 3. The minimum atomic E-state index is -3.70. The van der Waals surface area contributed by atoms with Gasteiger partial charge in [0.1, 0.15) is 6.29 Å². The van der Waals surface area contributed by atoms with Crippen molar-refractivity contribution in [3.8, 4) is 0 Å². The first-order chi connectivity index (χ1) is 10.6. The molecule has 3 aromatic rings. The highest BCUT2D eigenvalue weighted by atomic mass is 127. The number of benzene rings is 2. The monoisotopic (exact) mass is 425 g/mol. The highest BCUT2D eigenvalue weighted by Gasteiger charge is 2.25. The molecule has 2 aromatic carbocycles. The van der Waals surface area contributed by atoms with E-state index in [1.165, 1.54) is 3.97 Å². The summed E-state index contributed by atoms with van der Waals surface area (Å²) >= 11 is 1.99. The molecule has 1 heterocycles. The first-order valence-electron chi connectivity index (χ1n) is 6.59. The summed E-state index contributed by atoms with van der Waals surface area (Å²) in [7, 11) is -3.70. The maximum Gasteiger partial charge on any atom is 0.269 e. The van der Waals surface area contributed by atoms with Crippen molar-refractivity contribution in [3.63, 3.8) is 0 Å². The number of aromatic nitrogens is 1. The van der Waals surface area contributed by atoms with E-state index in [2.05, 4.69) is 0 Å². The topological polar surface area (TPSA) is 56.1 Å². The Morgan fingerprint density at radius 2 is 1.64 bits per heavy atom.